The van der Waals surface area contributed by atoms with Crippen molar-refractivity contribution >= 4 is 11.9 Å². The van der Waals surface area contributed by atoms with E-state index in [9.17, 15) is 22.8 Å². The lowest BCUT2D eigenvalue weighted by Crippen LogP contribution is -2.48. The van der Waals surface area contributed by atoms with Crippen molar-refractivity contribution in [1.29, 1.82) is 0 Å². The van der Waals surface area contributed by atoms with Gasteiger partial charge in [-0.3, -0.25) is 4.79 Å². The molecular weight excluding hydrogens is 229 g/mol. The first-order chi connectivity index (χ1) is 7.17. The van der Waals surface area contributed by atoms with Crippen LogP contribution in [0.2, 0.25) is 0 Å². The third-order valence-corrected chi connectivity index (χ3v) is 2.48. The van der Waals surface area contributed by atoms with Crippen LogP contribution in [-0.2, 0) is 14.3 Å². The summed E-state index contributed by atoms with van der Waals surface area (Å²) in [6.07, 6.45) is -5.11. The number of hydrogen-bond acceptors (Lipinski definition) is 4. The van der Waals surface area contributed by atoms with E-state index in [2.05, 4.69) is 4.74 Å². The van der Waals surface area contributed by atoms with Crippen LogP contribution in [-0.4, -0.2) is 29.7 Å². The van der Waals surface area contributed by atoms with Gasteiger partial charge in [-0.15, -0.1) is 0 Å². The molecule has 0 heterocycles. The van der Waals surface area contributed by atoms with E-state index in [4.69, 9.17) is 11.5 Å². The van der Waals surface area contributed by atoms with Gasteiger partial charge < -0.3 is 16.2 Å². The van der Waals surface area contributed by atoms with Crippen molar-refractivity contribution in [2.45, 2.75) is 37.1 Å². The Balaban J connectivity index is 2.82. The molecule has 1 rings (SSSR count). The normalized spacial score (nSPS) is 30.1. The highest BCUT2D eigenvalue weighted by molar-refractivity contribution is 5.88. The van der Waals surface area contributed by atoms with Crippen LogP contribution >= 0.6 is 0 Å². The van der Waals surface area contributed by atoms with Crippen molar-refractivity contribution in [2.75, 3.05) is 0 Å². The molecule has 1 amide bonds. The van der Waals surface area contributed by atoms with Crippen molar-refractivity contribution in [3.8, 4) is 0 Å². The lowest BCUT2D eigenvalue weighted by Gasteiger charge is -2.25. The van der Waals surface area contributed by atoms with Gasteiger partial charge in [0.15, 0.2) is 5.60 Å². The number of hydrogen-bond donors (Lipinski definition) is 2. The van der Waals surface area contributed by atoms with Crippen molar-refractivity contribution in [2.24, 2.45) is 11.5 Å². The second kappa shape index (κ2) is 3.93. The number of ether oxygens (including phenoxy) is 1. The lowest BCUT2D eigenvalue weighted by molar-refractivity contribution is -0.213. The highest BCUT2D eigenvalue weighted by Gasteiger charge is 2.52. The molecule has 0 aliphatic heterocycles. The number of halogens is 3. The summed E-state index contributed by atoms with van der Waals surface area (Å²) in [5.41, 5.74) is 8.49. The third kappa shape index (κ3) is 2.43. The van der Waals surface area contributed by atoms with Crippen molar-refractivity contribution in [1.82, 2.24) is 0 Å². The molecular formula is C8H11F3N2O3. The first kappa shape index (κ1) is 12.8. The highest BCUT2D eigenvalue weighted by atomic mass is 19.4. The Bertz CT molecular complexity index is 318. The molecule has 2 atom stereocenters. The number of carbonyl (C=O) groups is 2. The fourth-order valence-electron chi connectivity index (χ4n) is 1.65. The van der Waals surface area contributed by atoms with Crippen LogP contribution in [0.15, 0.2) is 0 Å². The maximum absolute atomic E-state index is 12.0. The molecule has 0 saturated heterocycles. The Labute approximate surface area is 88.9 Å². The van der Waals surface area contributed by atoms with Gasteiger partial charge in [0.2, 0.25) is 0 Å². The number of rotatable bonds is 2. The molecule has 8 heteroatoms. The summed E-state index contributed by atoms with van der Waals surface area (Å²) in [5, 5.41) is 0. The molecule has 1 fully saturated rings. The summed E-state index contributed by atoms with van der Waals surface area (Å²) in [6.45, 7) is 0. The average Bonchev–Trinajstić information content (AvgIpc) is 2.47. The van der Waals surface area contributed by atoms with E-state index >= 15 is 0 Å². The van der Waals surface area contributed by atoms with Gasteiger partial charge in [-0.05, 0) is 12.8 Å². The van der Waals surface area contributed by atoms with Crippen LogP contribution in [0.1, 0.15) is 19.3 Å². The highest BCUT2D eigenvalue weighted by Crippen LogP contribution is 2.34. The van der Waals surface area contributed by atoms with Gasteiger partial charge in [0.05, 0.1) is 0 Å². The van der Waals surface area contributed by atoms with Crippen LogP contribution < -0.4 is 11.5 Å². The Morgan fingerprint density at radius 2 is 1.94 bits per heavy atom. The number of nitrogens with two attached hydrogens (primary N) is 2. The fourth-order valence-corrected chi connectivity index (χ4v) is 1.65. The van der Waals surface area contributed by atoms with Crippen molar-refractivity contribution < 1.29 is 27.5 Å². The van der Waals surface area contributed by atoms with E-state index in [0.29, 0.717) is 0 Å². The van der Waals surface area contributed by atoms with Gasteiger partial charge in [-0.2, -0.15) is 13.2 Å². The van der Waals surface area contributed by atoms with E-state index in [0.717, 1.165) is 0 Å². The molecule has 0 aromatic carbocycles. The minimum Gasteiger partial charge on any atom is -0.442 e. The zero-order chi connectivity index (χ0) is 12.6. The van der Waals surface area contributed by atoms with Crippen molar-refractivity contribution in [3.63, 3.8) is 0 Å². The van der Waals surface area contributed by atoms with Gasteiger partial charge in [0.1, 0.15) is 0 Å². The van der Waals surface area contributed by atoms with E-state index in [1.54, 1.807) is 0 Å². The summed E-state index contributed by atoms with van der Waals surface area (Å²) < 4.78 is 40.1. The summed E-state index contributed by atoms with van der Waals surface area (Å²) >= 11 is 0. The molecule has 5 nitrogen and oxygen atoms in total. The monoisotopic (exact) mass is 240 g/mol. The predicted octanol–water partition coefficient (Wildman–Crippen LogP) is -0.173. The maximum atomic E-state index is 12.0. The van der Waals surface area contributed by atoms with E-state index < -0.39 is 29.7 Å². The van der Waals surface area contributed by atoms with Crippen LogP contribution in [0.4, 0.5) is 13.2 Å². The SMILES string of the molecule is NC(=O)[C@@]1(OC(=O)C(F)(F)F)CC[C@@H](N)C1. The molecule has 0 bridgehead atoms. The zero-order valence-electron chi connectivity index (χ0n) is 8.21. The Morgan fingerprint density at radius 1 is 1.38 bits per heavy atom. The first-order valence-electron chi connectivity index (χ1n) is 4.53. The smallest absolute Gasteiger partial charge is 0.442 e. The fraction of sp³-hybridized carbons (Fsp3) is 0.750. The maximum Gasteiger partial charge on any atom is 0.490 e. The molecule has 0 radical (unpaired) electrons. The molecule has 92 valence electrons. The molecule has 0 unspecified atom stereocenters. The average molecular weight is 240 g/mol. The molecule has 1 saturated carbocycles. The summed E-state index contributed by atoms with van der Waals surface area (Å²) in [6, 6.07) is -0.492. The second-order valence-corrected chi connectivity index (χ2v) is 3.75. The number of alkyl halides is 3. The number of primary amides is 1. The van der Waals surface area contributed by atoms with Crippen LogP contribution in [0.25, 0.3) is 0 Å². The molecule has 1 aliphatic rings. The molecule has 0 aromatic heterocycles. The molecule has 0 aromatic rings. The number of carbonyl (C=O) groups excluding carboxylic acids is 2. The molecule has 4 N–H and O–H groups in total. The topological polar surface area (TPSA) is 95.4 Å². The van der Waals surface area contributed by atoms with Gasteiger partial charge in [0, 0.05) is 12.5 Å². The van der Waals surface area contributed by atoms with Crippen molar-refractivity contribution in [3.05, 3.63) is 0 Å². The standard InChI is InChI=1S/C8H11F3N2O3/c9-8(10,11)6(15)16-7(5(13)14)2-1-4(12)3-7/h4H,1-3,12H2,(H2,13,14)/t4-,7-/m1/s1. The minimum absolute atomic E-state index is 0.0781. The second-order valence-electron chi connectivity index (χ2n) is 3.75. The summed E-state index contributed by atoms with van der Waals surface area (Å²) in [4.78, 5) is 21.7. The van der Waals surface area contributed by atoms with E-state index in [1.165, 1.54) is 0 Å². The van der Waals surface area contributed by atoms with Crippen LogP contribution in [0.3, 0.4) is 0 Å². The van der Waals surface area contributed by atoms with E-state index in [1.807, 2.05) is 0 Å². The largest absolute Gasteiger partial charge is 0.490 e. The molecule has 0 spiro atoms. The molecule has 1 aliphatic carbocycles. The van der Waals surface area contributed by atoms with Gasteiger partial charge in [0.25, 0.3) is 5.91 Å². The summed E-state index contributed by atoms with van der Waals surface area (Å²) in [7, 11) is 0. The van der Waals surface area contributed by atoms with Gasteiger partial charge in [-0.1, -0.05) is 0 Å². The Morgan fingerprint density at radius 3 is 2.25 bits per heavy atom. The minimum atomic E-state index is -5.14. The Kier molecular flexibility index (Phi) is 3.13. The quantitative estimate of drug-likeness (QED) is 0.655. The zero-order valence-corrected chi connectivity index (χ0v) is 8.21. The third-order valence-electron chi connectivity index (χ3n) is 2.48. The van der Waals surface area contributed by atoms with E-state index in [-0.39, 0.29) is 19.3 Å². The van der Waals surface area contributed by atoms with Crippen LogP contribution in [0, 0.1) is 0 Å². The Hall–Kier alpha value is -1.31. The van der Waals surface area contributed by atoms with Gasteiger partial charge in [-0.25, -0.2) is 4.79 Å². The number of amides is 1. The summed E-state index contributed by atoms with van der Waals surface area (Å²) in [5.74, 6) is -3.52. The van der Waals surface area contributed by atoms with Crippen LogP contribution in [0.5, 0.6) is 0 Å². The van der Waals surface area contributed by atoms with Gasteiger partial charge >= 0.3 is 12.1 Å². The lowest BCUT2D eigenvalue weighted by atomic mass is 10.0. The number of esters is 1. The molecule has 16 heavy (non-hydrogen) atoms. The predicted molar refractivity (Wildman–Crippen MR) is 45.9 cm³/mol. The first-order valence-corrected chi connectivity index (χ1v) is 4.53.